The monoisotopic (exact) mass is 324 g/mol. The van der Waals surface area contributed by atoms with Gasteiger partial charge in [-0.05, 0) is 24.0 Å². The Morgan fingerprint density at radius 3 is 2.71 bits per heavy atom. The molecule has 0 spiro atoms. The summed E-state index contributed by atoms with van der Waals surface area (Å²) in [6.07, 6.45) is 2.85. The maximum absolute atomic E-state index is 9.78. The number of aliphatic hydroxyl groups is 1. The molecular weight excluding hydrogens is 300 g/mol. The van der Waals surface area contributed by atoms with Crippen LogP contribution >= 0.6 is 0 Å². The molecule has 4 rings (SSSR count). The predicted octanol–water partition coefficient (Wildman–Crippen LogP) is 1.77. The van der Waals surface area contributed by atoms with E-state index in [2.05, 4.69) is 39.5 Å². The summed E-state index contributed by atoms with van der Waals surface area (Å²) in [6, 6.07) is 12.5. The summed E-state index contributed by atoms with van der Waals surface area (Å²) in [6.45, 7) is 4.02. The molecular formula is C19H24N4O. The Hall–Kier alpha value is -1.98. The zero-order valence-corrected chi connectivity index (χ0v) is 13.8. The van der Waals surface area contributed by atoms with Crippen LogP contribution in [0.25, 0.3) is 0 Å². The number of rotatable bonds is 4. The van der Waals surface area contributed by atoms with E-state index in [0.29, 0.717) is 17.8 Å². The Morgan fingerprint density at radius 1 is 1.17 bits per heavy atom. The van der Waals surface area contributed by atoms with Gasteiger partial charge in [0.2, 0.25) is 5.95 Å². The SMILES string of the molecule is OCC1CCN(c2nccc(C3CNC3)n2)CC1c1ccccc1. The van der Waals surface area contributed by atoms with Crippen molar-refractivity contribution in [3.05, 3.63) is 53.9 Å². The molecule has 2 N–H and O–H groups in total. The van der Waals surface area contributed by atoms with Gasteiger partial charge in [-0.1, -0.05) is 30.3 Å². The van der Waals surface area contributed by atoms with Gasteiger partial charge in [-0.25, -0.2) is 9.97 Å². The average Bonchev–Trinajstić information content (AvgIpc) is 2.61. The van der Waals surface area contributed by atoms with Gasteiger partial charge in [-0.15, -0.1) is 0 Å². The molecule has 2 aliphatic rings. The first kappa shape index (κ1) is 15.5. The van der Waals surface area contributed by atoms with Crippen LogP contribution < -0.4 is 10.2 Å². The molecule has 2 saturated heterocycles. The van der Waals surface area contributed by atoms with Gasteiger partial charge in [0.05, 0.1) is 5.69 Å². The standard InChI is InChI=1S/C19H24N4O/c24-13-15-7-9-23(12-17(15)14-4-2-1-3-5-14)19-21-8-6-18(22-19)16-10-20-11-16/h1-6,8,15-17,20,24H,7,9-13H2. The van der Waals surface area contributed by atoms with Crippen LogP contribution in [0.15, 0.2) is 42.6 Å². The molecule has 24 heavy (non-hydrogen) atoms. The Bertz CT molecular complexity index is 674. The molecule has 5 nitrogen and oxygen atoms in total. The highest BCUT2D eigenvalue weighted by molar-refractivity contribution is 5.35. The number of hydrogen-bond donors (Lipinski definition) is 2. The van der Waals surface area contributed by atoms with Gasteiger partial charge in [0.1, 0.15) is 0 Å². The van der Waals surface area contributed by atoms with Gasteiger partial charge in [0.15, 0.2) is 0 Å². The van der Waals surface area contributed by atoms with Crippen molar-refractivity contribution in [2.24, 2.45) is 5.92 Å². The number of nitrogens with zero attached hydrogens (tertiary/aromatic N) is 3. The quantitative estimate of drug-likeness (QED) is 0.897. The fraction of sp³-hybridized carbons (Fsp3) is 0.474. The van der Waals surface area contributed by atoms with E-state index in [9.17, 15) is 5.11 Å². The second-order valence-corrected chi connectivity index (χ2v) is 6.83. The second kappa shape index (κ2) is 6.87. The fourth-order valence-corrected chi connectivity index (χ4v) is 3.72. The van der Waals surface area contributed by atoms with Crippen molar-refractivity contribution in [1.29, 1.82) is 0 Å². The highest BCUT2D eigenvalue weighted by Crippen LogP contribution is 2.33. The van der Waals surface area contributed by atoms with Crippen molar-refractivity contribution in [2.75, 3.05) is 37.7 Å². The minimum atomic E-state index is 0.238. The highest BCUT2D eigenvalue weighted by atomic mass is 16.3. The van der Waals surface area contributed by atoms with Gasteiger partial charge in [-0.3, -0.25) is 0 Å². The lowest BCUT2D eigenvalue weighted by atomic mass is 9.81. The minimum absolute atomic E-state index is 0.238. The summed E-state index contributed by atoms with van der Waals surface area (Å²) in [7, 11) is 0. The van der Waals surface area contributed by atoms with Crippen LogP contribution in [-0.4, -0.2) is 47.9 Å². The lowest BCUT2D eigenvalue weighted by Crippen LogP contribution is -2.42. The van der Waals surface area contributed by atoms with E-state index in [0.717, 1.165) is 44.2 Å². The van der Waals surface area contributed by atoms with E-state index in [1.165, 1.54) is 5.56 Å². The number of anilines is 1. The van der Waals surface area contributed by atoms with E-state index in [-0.39, 0.29) is 6.61 Å². The Balaban J connectivity index is 1.56. The van der Waals surface area contributed by atoms with Gasteiger partial charge in [0, 0.05) is 50.8 Å². The average molecular weight is 324 g/mol. The summed E-state index contributed by atoms with van der Waals surface area (Å²) in [5, 5.41) is 13.1. The smallest absolute Gasteiger partial charge is 0.225 e. The number of benzene rings is 1. The third kappa shape index (κ3) is 3.01. The van der Waals surface area contributed by atoms with Gasteiger partial charge < -0.3 is 15.3 Å². The lowest BCUT2D eigenvalue weighted by molar-refractivity contribution is 0.184. The number of piperidine rings is 1. The zero-order chi connectivity index (χ0) is 16.4. The molecule has 0 amide bonds. The molecule has 126 valence electrons. The molecule has 1 aromatic heterocycles. The van der Waals surface area contributed by atoms with Gasteiger partial charge >= 0.3 is 0 Å². The molecule has 2 aliphatic heterocycles. The first-order valence-corrected chi connectivity index (χ1v) is 8.79. The van der Waals surface area contributed by atoms with Crippen molar-refractivity contribution < 1.29 is 5.11 Å². The summed E-state index contributed by atoms with van der Waals surface area (Å²) in [5.41, 5.74) is 2.43. The summed E-state index contributed by atoms with van der Waals surface area (Å²) in [5.74, 6) is 1.98. The number of hydrogen-bond acceptors (Lipinski definition) is 5. The summed E-state index contributed by atoms with van der Waals surface area (Å²) >= 11 is 0. The molecule has 0 radical (unpaired) electrons. The van der Waals surface area contributed by atoms with Crippen LogP contribution in [0.4, 0.5) is 5.95 Å². The van der Waals surface area contributed by atoms with Crippen LogP contribution in [0.3, 0.4) is 0 Å². The topological polar surface area (TPSA) is 61.3 Å². The molecule has 2 aromatic rings. The maximum Gasteiger partial charge on any atom is 0.225 e. The molecule has 5 heteroatoms. The molecule has 0 aliphatic carbocycles. The molecule has 0 saturated carbocycles. The van der Waals surface area contributed by atoms with Gasteiger partial charge in [-0.2, -0.15) is 0 Å². The highest BCUT2D eigenvalue weighted by Gasteiger charge is 2.31. The van der Waals surface area contributed by atoms with Crippen LogP contribution in [0.2, 0.25) is 0 Å². The van der Waals surface area contributed by atoms with Crippen molar-refractivity contribution >= 4 is 5.95 Å². The van der Waals surface area contributed by atoms with Crippen LogP contribution in [0.5, 0.6) is 0 Å². The van der Waals surface area contributed by atoms with Crippen LogP contribution in [0, 0.1) is 5.92 Å². The van der Waals surface area contributed by atoms with Gasteiger partial charge in [0.25, 0.3) is 0 Å². The number of aliphatic hydroxyl groups excluding tert-OH is 1. The molecule has 2 atom stereocenters. The van der Waals surface area contributed by atoms with E-state index in [4.69, 9.17) is 4.98 Å². The molecule has 2 fully saturated rings. The Kier molecular flexibility index (Phi) is 4.45. The zero-order valence-electron chi connectivity index (χ0n) is 13.8. The normalized spacial score (nSPS) is 24.6. The lowest BCUT2D eigenvalue weighted by Gasteiger charge is -2.38. The van der Waals surface area contributed by atoms with Crippen molar-refractivity contribution in [3.63, 3.8) is 0 Å². The Labute approximate surface area is 142 Å². The van der Waals surface area contributed by atoms with Crippen molar-refractivity contribution in [3.8, 4) is 0 Å². The summed E-state index contributed by atoms with van der Waals surface area (Å²) < 4.78 is 0. The maximum atomic E-state index is 9.78. The molecule has 1 aromatic carbocycles. The van der Waals surface area contributed by atoms with Crippen molar-refractivity contribution in [1.82, 2.24) is 15.3 Å². The van der Waals surface area contributed by atoms with Crippen LogP contribution in [-0.2, 0) is 0 Å². The van der Waals surface area contributed by atoms with Crippen molar-refractivity contribution in [2.45, 2.75) is 18.3 Å². The third-order valence-electron chi connectivity index (χ3n) is 5.37. The second-order valence-electron chi connectivity index (χ2n) is 6.83. The van der Waals surface area contributed by atoms with Crippen LogP contribution in [0.1, 0.15) is 29.5 Å². The largest absolute Gasteiger partial charge is 0.396 e. The Morgan fingerprint density at radius 2 is 2.00 bits per heavy atom. The number of nitrogens with one attached hydrogen (secondary N) is 1. The minimum Gasteiger partial charge on any atom is -0.396 e. The number of aromatic nitrogens is 2. The third-order valence-corrected chi connectivity index (χ3v) is 5.37. The van der Waals surface area contributed by atoms with E-state index < -0.39 is 0 Å². The molecule has 0 bridgehead atoms. The van der Waals surface area contributed by atoms with E-state index in [1.807, 2.05) is 18.3 Å². The predicted molar refractivity (Wildman–Crippen MR) is 94.2 cm³/mol. The van der Waals surface area contributed by atoms with E-state index >= 15 is 0 Å². The fourth-order valence-electron chi connectivity index (χ4n) is 3.72. The van der Waals surface area contributed by atoms with E-state index in [1.54, 1.807) is 0 Å². The summed E-state index contributed by atoms with van der Waals surface area (Å²) in [4.78, 5) is 11.6. The first-order chi connectivity index (χ1) is 11.8. The molecule has 2 unspecified atom stereocenters. The first-order valence-electron chi connectivity index (χ1n) is 8.79. The molecule has 3 heterocycles.